The number of rotatable bonds is 2. The smallest absolute Gasteiger partial charge is 0.319 e. The monoisotopic (exact) mass is 256 g/mol. The molecule has 0 radical (unpaired) electrons. The molecule has 104 valence electrons. The van der Waals surface area contributed by atoms with Crippen LogP contribution in [0, 0.1) is 5.41 Å². The molecular formula is C12H24N4O2. The van der Waals surface area contributed by atoms with E-state index < -0.39 is 5.41 Å². The molecule has 0 atom stereocenters. The van der Waals surface area contributed by atoms with Crippen molar-refractivity contribution in [3.05, 3.63) is 0 Å². The quantitative estimate of drug-likeness (QED) is 0.743. The standard InChI is InChI=1S/C12H24N4O2/c1-12(2,9-13)10(17)15-5-7-16(8-6-15)11(18)14(3)4/h5-9,13H2,1-4H3. The van der Waals surface area contributed by atoms with Crippen LogP contribution in [0.1, 0.15) is 13.8 Å². The predicted octanol–water partition coefficient (Wildman–Crippen LogP) is -0.203. The van der Waals surface area contributed by atoms with E-state index in [1.54, 1.807) is 28.8 Å². The summed E-state index contributed by atoms with van der Waals surface area (Å²) in [6.45, 7) is 6.39. The zero-order valence-corrected chi connectivity index (χ0v) is 11.8. The maximum Gasteiger partial charge on any atom is 0.319 e. The van der Waals surface area contributed by atoms with Crippen LogP contribution in [0.5, 0.6) is 0 Å². The highest BCUT2D eigenvalue weighted by Gasteiger charge is 2.33. The van der Waals surface area contributed by atoms with E-state index in [1.807, 2.05) is 13.8 Å². The van der Waals surface area contributed by atoms with Gasteiger partial charge in [-0.1, -0.05) is 0 Å². The molecule has 1 aliphatic heterocycles. The van der Waals surface area contributed by atoms with Crippen LogP contribution in [0.2, 0.25) is 0 Å². The van der Waals surface area contributed by atoms with Crippen molar-refractivity contribution in [1.82, 2.24) is 14.7 Å². The van der Waals surface area contributed by atoms with Crippen LogP contribution in [0.4, 0.5) is 4.79 Å². The molecule has 0 aromatic heterocycles. The fraction of sp³-hybridized carbons (Fsp3) is 0.833. The topological polar surface area (TPSA) is 69.9 Å². The molecule has 1 heterocycles. The number of hydrogen-bond acceptors (Lipinski definition) is 3. The molecule has 1 rings (SSSR count). The average molecular weight is 256 g/mol. The van der Waals surface area contributed by atoms with Crippen LogP contribution < -0.4 is 5.73 Å². The Balaban J connectivity index is 2.54. The first-order valence-corrected chi connectivity index (χ1v) is 6.25. The minimum atomic E-state index is -0.520. The van der Waals surface area contributed by atoms with E-state index in [1.165, 1.54) is 0 Å². The molecule has 1 saturated heterocycles. The summed E-state index contributed by atoms with van der Waals surface area (Å²) in [6.07, 6.45) is 0. The Morgan fingerprint density at radius 3 is 1.94 bits per heavy atom. The highest BCUT2D eigenvalue weighted by atomic mass is 16.2. The SMILES string of the molecule is CN(C)C(=O)N1CCN(C(=O)C(C)(C)CN)CC1. The molecule has 6 nitrogen and oxygen atoms in total. The van der Waals surface area contributed by atoms with Gasteiger partial charge in [-0.2, -0.15) is 0 Å². The van der Waals surface area contributed by atoms with E-state index in [9.17, 15) is 9.59 Å². The van der Waals surface area contributed by atoms with Crippen molar-refractivity contribution >= 4 is 11.9 Å². The Morgan fingerprint density at radius 2 is 1.56 bits per heavy atom. The normalized spacial score (nSPS) is 16.7. The third-order valence-corrected chi connectivity index (χ3v) is 3.31. The lowest BCUT2D eigenvalue weighted by molar-refractivity contribution is -0.141. The first kappa shape index (κ1) is 14.8. The summed E-state index contributed by atoms with van der Waals surface area (Å²) < 4.78 is 0. The van der Waals surface area contributed by atoms with Crippen molar-refractivity contribution in [1.29, 1.82) is 0 Å². The molecule has 0 spiro atoms. The van der Waals surface area contributed by atoms with Gasteiger partial charge in [0.1, 0.15) is 0 Å². The van der Waals surface area contributed by atoms with Crippen LogP contribution in [0.25, 0.3) is 0 Å². The molecule has 18 heavy (non-hydrogen) atoms. The van der Waals surface area contributed by atoms with Gasteiger partial charge in [-0.15, -0.1) is 0 Å². The number of nitrogens with two attached hydrogens (primary N) is 1. The predicted molar refractivity (Wildman–Crippen MR) is 70.1 cm³/mol. The van der Waals surface area contributed by atoms with E-state index in [2.05, 4.69) is 0 Å². The van der Waals surface area contributed by atoms with Crippen LogP contribution >= 0.6 is 0 Å². The molecule has 6 heteroatoms. The number of amides is 3. The lowest BCUT2D eigenvalue weighted by Crippen LogP contribution is -2.55. The van der Waals surface area contributed by atoms with Crippen molar-refractivity contribution in [2.45, 2.75) is 13.8 Å². The Bertz CT molecular complexity index is 320. The van der Waals surface area contributed by atoms with Crippen molar-refractivity contribution < 1.29 is 9.59 Å². The second-order valence-electron chi connectivity index (χ2n) is 5.54. The van der Waals surface area contributed by atoms with E-state index in [4.69, 9.17) is 5.73 Å². The number of nitrogens with zero attached hydrogens (tertiary/aromatic N) is 3. The summed E-state index contributed by atoms with van der Waals surface area (Å²) in [4.78, 5) is 29.1. The van der Waals surface area contributed by atoms with Crippen molar-refractivity contribution in [2.75, 3.05) is 46.8 Å². The molecule has 0 aromatic carbocycles. The molecule has 0 unspecified atom stereocenters. The number of hydrogen-bond donors (Lipinski definition) is 1. The summed E-state index contributed by atoms with van der Waals surface area (Å²) in [6, 6.07) is 0.000170. The minimum Gasteiger partial charge on any atom is -0.339 e. The highest BCUT2D eigenvalue weighted by molar-refractivity contribution is 5.82. The van der Waals surface area contributed by atoms with Crippen LogP contribution in [0.3, 0.4) is 0 Å². The molecular weight excluding hydrogens is 232 g/mol. The summed E-state index contributed by atoms with van der Waals surface area (Å²) in [5.74, 6) is 0.0713. The minimum absolute atomic E-state index is 0.000170. The molecule has 1 fully saturated rings. The molecule has 0 aliphatic carbocycles. The largest absolute Gasteiger partial charge is 0.339 e. The van der Waals surface area contributed by atoms with Gasteiger partial charge in [0.2, 0.25) is 5.91 Å². The Kier molecular flexibility index (Phi) is 4.56. The van der Waals surface area contributed by atoms with Crippen molar-refractivity contribution in [2.24, 2.45) is 11.1 Å². The first-order valence-electron chi connectivity index (χ1n) is 6.25. The molecule has 3 amide bonds. The molecule has 1 aliphatic rings. The Morgan fingerprint density at radius 1 is 1.11 bits per heavy atom. The lowest BCUT2D eigenvalue weighted by Gasteiger charge is -2.39. The fourth-order valence-electron chi connectivity index (χ4n) is 1.90. The lowest BCUT2D eigenvalue weighted by atomic mass is 9.91. The third-order valence-electron chi connectivity index (χ3n) is 3.31. The number of carbonyl (C=O) groups excluding carboxylic acids is 2. The first-order chi connectivity index (χ1) is 8.29. The molecule has 0 aromatic rings. The summed E-state index contributed by atoms with van der Waals surface area (Å²) >= 11 is 0. The maximum absolute atomic E-state index is 12.2. The second kappa shape index (κ2) is 5.56. The van der Waals surface area contributed by atoms with Gasteiger partial charge in [0.25, 0.3) is 0 Å². The van der Waals surface area contributed by atoms with E-state index in [0.29, 0.717) is 32.7 Å². The molecule has 0 saturated carbocycles. The van der Waals surface area contributed by atoms with Gasteiger partial charge in [0, 0.05) is 46.8 Å². The van der Waals surface area contributed by atoms with E-state index >= 15 is 0 Å². The highest BCUT2D eigenvalue weighted by Crippen LogP contribution is 2.18. The number of urea groups is 1. The molecule has 2 N–H and O–H groups in total. The molecule has 0 bridgehead atoms. The summed E-state index contributed by atoms with van der Waals surface area (Å²) in [5, 5.41) is 0. The third kappa shape index (κ3) is 3.13. The number of carbonyl (C=O) groups is 2. The van der Waals surface area contributed by atoms with Gasteiger partial charge in [0.05, 0.1) is 5.41 Å². The number of piperazine rings is 1. The second-order valence-corrected chi connectivity index (χ2v) is 5.54. The zero-order chi connectivity index (χ0) is 13.9. The van der Waals surface area contributed by atoms with Gasteiger partial charge in [-0.05, 0) is 13.8 Å². The van der Waals surface area contributed by atoms with Crippen LogP contribution in [-0.4, -0.2) is 73.5 Å². The van der Waals surface area contributed by atoms with Crippen LogP contribution in [-0.2, 0) is 4.79 Å². The Labute approximate surface area is 109 Å². The van der Waals surface area contributed by atoms with E-state index in [0.717, 1.165) is 0 Å². The van der Waals surface area contributed by atoms with Gasteiger partial charge in [-0.3, -0.25) is 4.79 Å². The van der Waals surface area contributed by atoms with Crippen molar-refractivity contribution in [3.8, 4) is 0 Å². The van der Waals surface area contributed by atoms with Crippen LogP contribution in [0.15, 0.2) is 0 Å². The van der Waals surface area contributed by atoms with Gasteiger partial charge >= 0.3 is 6.03 Å². The van der Waals surface area contributed by atoms with Crippen molar-refractivity contribution in [3.63, 3.8) is 0 Å². The van der Waals surface area contributed by atoms with Gasteiger partial charge < -0.3 is 20.4 Å². The fourth-order valence-corrected chi connectivity index (χ4v) is 1.90. The zero-order valence-electron chi connectivity index (χ0n) is 11.8. The summed E-state index contributed by atoms with van der Waals surface area (Å²) in [7, 11) is 3.47. The van der Waals surface area contributed by atoms with E-state index in [-0.39, 0.29) is 11.9 Å². The Hall–Kier alpha value is -1.30. The van der Waals surface area contributed by atoms with Gasteiger partial charge in [0.15, 0.2) is 0 Å². The van der Waals surface area contributed by atoms with Gasteiger partial charge in [-0.25, -0.2) is 4.79 Å². The summed E-state index contributed by atoms with van der Waals surface area (Å²) in [5.41, 5.74) is 5.09. The average Bonchev–Trinajstić information content (AvgIpc) is 2.37. The maximum atomic E-state index is 12.2.